The van der Waals surface area contributed by atoms with Crippen LogP contribution in [-0.2, 0) is 12.4 Å². The van der Waals surface area contributed by atoms with Crippen molar-refractivity contribution in [3.05, 3.63) is 41.0 Å². The van der Waals surface area contributed by atoms with Gasteiger partial charge in [-0.3, -0.25) is 0 Å². The molecule has 104 valence electrons. The fourth-order valence-corrected chi connectivity index (χ4v) is 2.40. The Balaban J connectivity index is 2.12. The number of fused-ring (bicyclic) bond motifs is 1. The molecule has 0 amide bonds. The van der Waals surface area contributed by atoms with E-state index in [1.165, 1.54) is 0 Å². The van der Waals surface area contributed by atoms with E-state index in [1.807, 2.05) is 31.4 Å². The molecule has 0 unspecified atom stereocenters. The predicted octanol–water partition coefficient (Wildman–Crippen LogP) is 3.13. The van der Waals surface area contributed by atoms with Gasteiger partial charge in [0.15, 0.2) is 5.65 Å². The Morgan fingerprint density at radius 2 is 2.05 bits per heavy atom. The van der Waals surface area contributed by atoms with E-state index >= 15 is 0 Å². The minimum absolute atomic E-state index is 0.328. The third-order valence-electron chi connectivity index (χ3n) is 3.40. The van der Waals surface area contributed by atoms with Crippen molar-refractivity contribution in [3.63, 3.8) is 0 Å². The fourth-order valence-electron chi connectivity index (χ4n) is 2.19. The molecular weight excluding hydrogens is 276 g/mol. The molecule has 0 radical (unpaired) electrons. The Hall–Kier alpha value is -1.88. The second kappa shape index (κ2) is 4.90. The van der Waals surface area contributed by atoms with Crippen molar-refractivity contribution >= 4 is 22.8 Å². The standard InChI is InChI=1S/C14H15ClN4O/c1-8-4-5-16-14-13(8)18-11(6-15)19(14)7-12-17-9(2)10(3)20-12/h4-5H,6-7H2,1-3H3. The summed E-state index contributed by atoms with van der Waals surface area (Å²) >= 11 is 6.00. The molecule has 0 aromatic carbocycles. The summed E-state index contributed by atoms with van der Waals surface area (Å²) in [5.74, 6) is 2.58. The smallest absolute Gasteiger partial charge is 0.214 e. The molecule has 20 heavy (non-hydrogen) atoms. The van der Waals surface area contributed by atoms with E-state index in [-0.39, 0.29) is 0 Å². The van der Waals surface area contributed by atoms with E-state index in [0.29, 0.717) is 18.3 Å². The maximum absolute atomic E-state index is 6.00. The van der Waals surface area contributed by atoms with Crippen molar-refractivity contribution in [3.8, 4) is 0 Å². The van der Waals surface area contributed by atoms with Gasteiger partial charge < -0.3 is 8.98 Å². The molecule has 0 aliphatic carbocycles. The summed E-state index contributed by atoms with van der Waals surface area (Å²) < 4.78 is 7.59. The lowest BCUT2D eigenvalue weighted by molar-refractivity contribution is 0.456. The summed E-state index contributed by atoms with van der Waals surface area (Å²) in [7, 11) is 0. The van der Waals surface area contributed by atoms with Crippen LogP contribution in [-0.4, -0.2) is 19.5 Å². The van der Waals surface area contributed by atoms with Crippen molar-refractivity contribution in [2.45, 2.75) is 33.2 Å². The van der Waals surface area contributed by atoms with E-state index in [1.54, 1.807) is 6.20 Å². The van der Waals surface area contributed by atoms with Crippen LogP contribution in [0.25, 0.3) is 11.2 Å². The molecule has 0 bridgehead atoms. The molecule has 0 atom stereocenters. The number of nitrogens with zero attached hydrogens (tertiary/aromatic N) is 4. The minimum Gasteiger partial charge on any atom is -0.444 e. The zero-order chi connectivity index (χ0) is 14.3. The van der Waals surface area contributed by atoms with E-state index in [4.69, 9.17) is 16.0 Å². The lowest BCUT2D eigenvalue weighted by atomic mass is 10.3. The summed E-state index contributed by atoms with van der Waals surface area (Å²) in [4.78, 5) is 13.4. The summed E-state index contributed by atoms with van der Waals surface area (Å²) in [5, 5.41) is 0. The van der Waals surface area contributed by atoms with Gasteiger partial charge in [-0.2, -0.15) is 0 Å². The molecule has 0 fully saturated rings. The highest BCUT2D eigenvalue weighted by Crippen LogP contribution is 2.20. The molecule has 0 N–H and O–H groups in total. The lowest BCUT2D eigenvalue weighted by Crippen LogP contribution is -2.05. The lowest BCUT2D eigenvalue weighted by Gasteiger charge is -2.03. The monoisotopic (exact) mass is 290 g/mol. The fraction of sp³-hybridized carbons (Fsp3) is 0.357. The number of alkyl halides is 1. The van der Waals surface area contributed by atoms with Crippen LogP contribution < -0.4 is 0 Å². The van der Waals surface area contributed by atoms with Crippen molar-refractivity contribution < 1.29 is 4.42 Å². The van der Waals surface area contributed by atoms with Crippen LogP contribution in [0.2, 0.25) is 0 Å². The van der Waals surface area contributed by atoms with Crippen LogP contribution in [0, 0.1) is 20.8 Å². The first kappa shape index (κ1) is 13.1. The topological polar surface area (TPSA) is 56.7 Å². The van der Waals surface area contributed by atoms with Gasteiger partial charge in [-0.1, -0.05) is 0 Å². The Morgan fingerprint density at radius 3 is 2.70 bits per heavy atom. The molecule has 3 rings (SSSR count). The number of aromatic nitrogens is 4. The summed E-state index contributed by atoms with van der Waals surface area (Å²) in [6.45, 7) is 6.34. The van der Waals surface area contributed by atoms with Crippen molar-refractivity contribution in [1.82, 2.24) is 19.5 Å². The third-order valence-corrected chi connectivity index (χ3v) is 3.64. The summed E-state index contributed by atoms with van der Waals surface area (Å²) in [6, 6.07) is 1.94. The SMILES string of the molecule is Cc1nc(Cn2c(CCl)nc3c(C)ccnc32)oc1C. The van der Waals surface area contributed by atoms with Crippen LogP contribution in [0.15, 0.2) is 16.7 Å². The highest BCUT2D eigenvalue weighted by atomic mass is 35.5. The first-order chi connectivity index (χ1) is 9.60. The molecular formula is C14H15ClN4O. The zero-order valence-corrected chi connectivity index (χ0v) is 12.4. The van der Waals surface area contributed by atoms with Crippen LogP contribution in [0.3, 0.4) is 0 Å². The molecule has 6 heteroatoms. The molecule has 0 saturated carbocycles. The van der Waals surface area contributed by atoms with Gasteiger partial charge in [-0.15, -0.1) is 11.6 Å². The number of halogens is 1. The van der Waals surface area contributed by atoms with E-state index in [9.17, 15) is 0 Å². The van der Waals surface area contributed by atoms with Crippen LogP contribution in [0.1, 0.15) is 28.7 Å². The minimum atomic E-state index is 0.328. The molecule has 0 saturated heterocycles. The predicted molar refractivity (Wildman–Crippen MR) is 76.9 cm³/mol. The van der Waals surface area contributed by atoms with E-state index < -0.39 is 0 Å². The molecule has 3 aromatic rings. The molecule has 3 aromatic heterocycles. The quantitative estimate of drug-likeness (QED) is 0.695. The van der Waals surface area contributed by atoms with Gasteiger partial charge >= 0.3 is 0 Å². The zero-order valence-electron chi connectivity index (χ0n) is 11.6. The largest absolute Gasteiger partial charge is 0.444 e. The van der Waals surface area contributed by atoms with Crippen LogP contribution >= 0.6 is 11.6 Å². The number of pyridine rings is 1. The average Bonchev–Trinajstić information content (AvgIpc) is 2.93. The normalized spacial score (nSPS) is 11.4. The Morgan fingerprint density at radius 1 is 1.25 bits per heavy atom. The molecule has 3 heterocycles. The maximum atomic E-state index is 6.00. The van der Waals surface area contributed by atoms with Crippen LogP contribution in [0.5, 0.6) is 0 Å². The van der Waals surface area contributed by atoms with Gasteiger partial charge in [0, 0.05) is 6.20 Å². The Labute approximate surface area is 121 Å². The maximum Gasteiger partial charge on any atom is 0.214 e. The van der Waals surface area contributed by atoms with E-state index in [0.717, 1.165) is 34.0 Å². The molecule has 0 spiro atoms. The third kappa shape index (κ3) is 2.08. The van der Waals surface area contributed by atoms with E-state index in [2.05, 4.69) is 15.0 Å². The Kier molecular flexibility index (Phi) is 3.22. The number of oxazole rings is 1. The number of hydrogen-bond acceptors (Lipinski definition) is 4. The first-order valence-electron chi connectivity index (χ1n) is 6.39. The number of rotatable bonds is 3. The molecule has 0 aliphatic rings. The van der Waals surface area contributed by atoms with Crippen LogP contribution in [0.4, 0.5) is 0 Å². The first-order valence-corrected chi connectivity index (χ1v) is 6.93. The van der Waals surface area contributed by atoms with Crippen molar-refractivity contribution in [1.29, 1.82) is 0 Å². The number of imidazole rings is 1. The van der Waals surface area contributed by atoms with Gasteiger partial charge in [-0.05, 0) is 32.4 Å². The second-order valence-corrected chi connectivity index (χ2v) is 5.06. The number of aryl methyl sites for hydroxylation is 3. The average molecular weight is 291 g/mol. The van der Waals surface area contributed by atoms with Crippen molar-refractivity contribution in [2.24, 2.45) is 0 Å². The van der Waals surface area contributed by atoms with Gasteiger partial charge in [0.05, 0.1) is 11.6 Å². The molecule has 5 nitrogen and oxygen atoms in total. The van der Waals surface area contributed by atoms with Gasteiger partial charge in [0.1, 0.15) is 23.6 Å². The highest BCUT2D eigenvalue weighted by molar-refractivity contribution is 6.16. The van der Waals surface area contributed by atoms with Gasteiger partial charge in [0.2, 0.25) is 5.89 Å². The Bertz CT molecular complexity index is 755. The second-order valence-electron chi connectivity index (χ2n) is 4.80. The van der Waals surface area contributed by atoms with Gasteiger partial charge in [0.25, 0.3) is 0 Å². The van der Waals surface area contributed by atoms with Gasteiger partial charge in [-0.25, -0.2) is 15.0 Å². The highest BCUT2D eigenvalue weighted by Gasteiger charge is 2.15. The molecule has 0 aliphatic heterocycles. The van der Waals surface area contributed by atoms with Crippen molar-refractivity contribution in [2.75, 3.05) is 0 Å². The summed E-state index contributed by atoms with van der Waals surface area (Å²) in [6.07, 6.45) is 1.78. The number of hydrogen-bond donors (Lipinski definition) is 0. The summed E-state index contributed by atoms with van der Waals surface area (Å²) in [5.41, 5.74) is 3.68.